The summed E-state index contributed by atoms with van der Waals surface area (Å²) in [6, 6.07) is 6.07. The molecule has 1 fully saturated rings. The van der Waals surface area contributed by atoms with E-state index in [-0.39, 0.29) is 23.4 Å². The Kier molecular flexibility index (Phi) is 5.80. The van der Waals surface area contributed by atoms with Gasteiger partial charge in [-0.1, -0.05) is 12.8 Å². The van der Waals surface area contributed by atoms with Crippen LogP contribution in [0.4, 0.5) is 0 Å². The van der Waals surface area contributed by atoms with Crippen molar-refractivity contribution in [1.82, 2.24) is 10.0 Å². The molecule has 124 valence electrons. The lowest BCUT2D eigenvalue weighted by molar-refractivity contribution is 0.0923. The van der Waals surface area contributed by atoms with Crippen molar-refractivity contribution in [2.75, 3.05) is 6.54 Å². The van der Waals surface area contributed by atoms with E-state index in [1.807, 2.05) is 0 Å². The van der Waals surface area contributed by atoms with E-state index in [0.717, 1.165) is 31.6 Å². The van der Waals surface area contributed by atoms with Gasteiger partial charge in [0.05, 0.1) is 11.4 Å². The zero-order valence-electron chi connectivity index (χ0n) is 13.2. The van der Waals surface area contributed by atoms with Gasteiger partial charge in [0.25, 0.3) is 5.91 Å². The molecule has 0 spiro atoms. The molecule has 5 nitrogen and oxygen atoms in total. The van der Waals surface area contributed by atoms with Gasteiger partial charge in [-0.15, -0.1) is 6.42 Å². The molecule has 2 N–H and O–H groups in total. The predicted octanol–water partition coefficient (Wildman–Crippen LogP) is 1.91. The van der Waals surface area contributed by atoms with E-state index in [2.05, 4.69) is 22.9 Å². The number of benzene rings is 1. The van der Waals surface area contributed by atoms with E-state index in [9.17, 15) is 13.2 Å². The SMILES string of the molecule is C#CCNS(=O)(=O)c1ccc(C(=O)NC2CCC(C)CC2)cc1. The Bertz CT molecular complexity index is 682. The highest BCUT2D eigenvalue weighted by Gasteiger charge is 2.20. The highest BCUT2D eigenvalue weighted by Crippen LogP contribution is 2.23. The number of rotatable bonds is 5. The molecule has 23 heavy (non-hydrogen) atoms. The fourth-order valence-corrected chi connectivity index (χ4v) is 3.61. The molecule has 1 amide bonds. The first-order valence-corrected chi connectivity index (χ1v) is 9.25. The van der Waals surface area contributed by atoms with Crippen LogP contribution in [-0.2, 0) is 10.0 Å². The molecule has 2 rings (SSSR count). The van der Waals surface area contributed by atoms with Gasteiger partial charge in [0, 0.05) is 11.6 Å². The third-order valence-electron chi connectivity index (χ3n) is 4.14. The molecule has 0 atom stereocenters. The quantitative estimate of drug-likeness (QED) is 0.808. The van der Waals surface area contributed by atoms with Crippen LogP contribution in [-0.4, -0.2) is 26.9 Å². The van der Waals surface area contributed by atoms with Crippen LogP contribution < -0.4 is 10.0 Å². The van der Waals surface area contributed by atoms with Crippen molar-refractivity contribution in [2.24, 2.45) is 5.92 Å². The summed E-state index contributed by atoms with van der Waals surface area (Å²) in [5.41, 5.74) is 0.458. The Morgan fingerprint density at radius 3 is 2.39 bits per heavy atom. The number of carbonyl (C=O) groups excluding carboxylic acids is 1. The van der Waals surface area contributed by atoms with Gasteiger partial charge in [-0.2, -0.15) is 4.72 Å². The molecular weight excluding hydrogens is 312 g/mol. The van der Waals surface area contributed by atoms with E-state index in [1.54, 1.807) is 0 Å². The maximum Gasteiger partial charge on any atom is 0.251 e. The summed E-state index contributed by atoms with van der Waals surface area (Å²) in [6.07, 6.45) is 9.29. The first-order valence-electron chi connectivity index (χ1n) is 7.76. The molecular formula is C17H22N2O3S. The lowest BCUT2D eigenvalue weighted by Gasteiger charge is -2.26. The van der Waals surface area contributed by atoms with Crippen LogP contribution in [0.2, 0.25) is 0 Å². The average molecular weight is 334 g/mol. The minimum atomic E-state index is -3.62. The molecule has 0 unspecified atom stereocenters. The van der Waals surface area contributed by atoms with Crippen molar-refractivity contribution >= 4 is 15.9 Å². The zero-order valence-corrected chi connectivity index (χ0v) is 14.0. The number of hydrogen-bond acceptors (Lipinski definition) is 3. The monoisotopic (exact) mass is 334 g/mol. The lowest BCUT2D eigenvalue weighted by atomic mass is 9.87. The molecule has 0 bridgehead atoms. The fourth-order valence-electron chi connectivity index (χ4n) is 2.68. The second kappa shape index (κ2) is 7.62. The van der Waals surface area contributed by atoms with Gasteiger partial charge < -0.3 is 5.32 Å². The van der Waals surface area contributed by atoms with Crippen molar-refractivity contribution in [3.8, 4) is 12.3 Å². The maximum absolute atomic E-state index is 12.2. The Morgan fingerprint density at radius 2 is 1.83 bits per heavy atom. The molecule has 1 aromatic carbocycles. The number of carbonyl (C=O) groups is 1. The largest absolute Gasteiger partial charge is 0.349 e. The number of sulfonamides is 1. The van der Waals surface area contributed by atoms with Gasteiger partial charge in [-0.05, 0) is 55.9 Å². The number of hydrogen-bond donors (Lipinski definition) is 2. The number of nitrogens with one attached hydrogen (secondary N) is 2. The molecule has 6 heteroatoms. The van der Waals surface area contributed by atoms with Gasteiger partial charge in [0.2, 0.25) is 10.0 Å². The molecule has 0 heterocycles. The fraction of sp³-hybridized carbons (Fsp3) is 0.471. The first-order chi connectivity index (χ1) is 10.9. The number of terminal acetylenes is 1. The van der Waals surface area contributed by atoms with E-state index in [1.165, 1.54) is 24.3 Å². The smallest absolute Gasteiger partial charge is 0.251 e. The third kappa shape index (κ3) is 4.81. The topological polar surface area (TPSA) is 75.3 Å². The minimum Gasteiger partial charge on any atom is -0.349 e. The summed E-state index contributed by atoms with van der Waals surface area (Å²) in [7, 11) is -3.62. The Hall–Kier alpha value is -1.84. The maximum atomic E-state index is 12.2. The van der Waals surface area contributed by atoms with Gasteiger partial charge >= 0.3 is 0 Å². The molecule has 1 saturated carbocycles. The van der Waals surface area contributed by atoms with Gasteiger partial charge in [0.15, 0.2) is 0 Å². The third-order valence-corrected chi connectivity index (χ3v) is 5.56. The molecule has 0 saturated heterocycles. The summed E-state index contributed by atoms with van der Waals surface area (Å²) < 4.78 is 26.1. The van der Waals surface area contributed by atoms with Crippen LogP contribution >= 0.6 is 0 Å². The molecule has 0 aliphatic heterocycles. The molecule has 0 aromatic heterocycles. The average Bonchev–Trinajstić information content (AvgIpc) is 2.55. The summed E-state index contributed by atoms with van der Waals surface area (Å²) in [4.78, 5) is 12.3. The van der Waals surface area contributed by atoms with Crippen LogP contribution in [0.5, 0.6) is 0 Å². The zero-order chi connectivity index (χ0) is 16.9. The molecule has 1 aromatic rings. The second-order valence-electron chi connectivity index (χ2n) is 5.98. The molecule has 0 radical (unpaired) electrons. The van der Waals surface area contributed by atoms with Crippen molar-refractivity contribution in [3.63, 3.8) is 0 Å². The van der Waals surface area contributed by atoms with Crippen LogP contribution in [0.15, 0.2) is 29.2 Å². The van der Waals surface area contributed by atoms with Gasteiger partial charge in [0.1, 0.15) is 0 Å². The lowest BCUT2D eigenvalue weighted by Crippen LogP contribution is -2.37. The van der Waals surface area contributed by atoms with Gasteiger partial charge in [-0.25, -0.2) is 8.42 Å². The van der Waals surface area contributed by atoms with Crippen LogP contribution in [0.25, 0.3) is 0 Å². The summed E-state index contributed by atoms with van der Waals surface area (Å²) in [6.45, 7) is 2.16. The first kappa shape index (κ1) is 17.5. The Labute approximate surface area is 137 Å². The van der Waals surface area contributed by atoms with Crippen LogP contribution in [0, 0.1) is 18.3 Å². The standard InChI is InChI=1S/C17H22N2O3S/c1-3-12-18-23(21,22)16-10-6-14(7-11-16)17(20)19-15-8-4-13(2)5-9-15/h1,6-7,10-11,13,15,18H,4-5,8-9,12H2,2H3,(H,19,20). The van der Waals surface area contributed by atoms with Crippen molar-refractivity contribution in [2.45, 2.75) is 43.5 Å². The number of amides is 1. The normalized spacial score (nSPS) is 21.4. The summed E-state index contributed by atoms with van der Waals surface area (Å²) in [5.74, 6) is 2.78. The van der Waals surface area contributed by atoms with Crippen LogP contribution in [0.1, 0.15) is 43.0 Å². The van der Waals surface area contributed by atoms with Crippen molar-refractivity contribution in [1.29, 1.82) is 0 Å². The van der Waals surface area contributed by atoms with Crippen LogP contribution in [0.3, 0.4) is 0 Å². The predicted molar refractivity (Wildman–Crippen MR) is 89.3 cm³/mol. The Balaban J connectivity index is 1.99. The summed E-state index contributed by atoms with van der Waals surface area (Å²) in [5, 5.41) is 3.02. The van der Waals surface area contributed by atoms with Crippen molar-refractivity contribution < 1.29 is 13.2 Å². The van der Waals surface area contributed by atoms with E-state index in [4.69, 9.17) is 6.42 Å². The van der Waals surface area contributed by atoms with E-state index < -0.39 is 10.0 Å². The molecule has 1 aliphatic rings. The Morgan fingerprint density at radius 1 is 1.22 bits per heavy atom. The highest BCUT2D eigenvalue weighted by atomic mass is 32.2. The second-order valence-corrected chi connectivity index (χ2v) is 7.75. The highest BCUT2D eigenvalue weighted by molar-refractivity contribution is 7.89. The van der Waals surface area contributed by atoms with E-state index >= 15 is 0 Å². The van der Waals surface area contributed by atoms with Gasteiger partial charge in [-0.3, -0.25) is 4.79 Å². The minimum absolute atomic E-state index is 0.0648. The van der Waals surface area contributed by atoms with E-state index in [0.29, 0.717) is 5.56 Å². The van der Waals surface area contributed by atoms with Crippen molar-refractivity contribution in [3.05, 3.63) is 29.8 Å². The summed E-state index contributed by atoms with van der Waals surface area (Å²) >= 11 is 0. The molecule has 1 aliphatic carbocycles.